The fourth-order valence-electron chi connectivity index (χ4n) is 1.34. The molecular formula is C12H7ClF2N2O. The Balaban J connectivity index is 2.18. The molecule has 0 saturated heterocycles. The number of hydrogen-bond donors (Lipinski definition) is 1. The predicted octanol–water partition coefficient (Wildman–Crippen LogP) is 3.27. The zero-order chi connectivity index (χ0) is 13.1. The van der Waals surface area contributed by atoms with Gasteiger partial charge in [-0.2, -0.15) is 4.39 Å². The van der Waals surface area contributed by atoms with E-state index in [2.05, 4.69) is 10.3 Å². The van der Waals surface area contributed by atoms with Crippen molar-refractivity contribution in [1.29, 1.82) is 0 Å². The quantitative estimate of drug-likeness (QED) is 0.850. The Kier molecular flexibility index (Phi) is 3.53. The first-order valence-electron chi connectivity index (χ1n) is 4.93. The van der Waals surface area contributed by atoms with Crippen LogP contribution < -0.4 is 5.32 Å². The van der Waals surface area contributed by atoms with Gasteiger partial charge >= 0.3 is 0 Å². The van der Waals surface area contributed by atoms with Crippen molar-refractivity contribution >= 4 is 23.2 Å². The van der Waals surface area contributed by atoms with Crippen LogP contribution >= 0.6 is 11.6 Å². The van der Waals surface area contributed by atoms with Crippen molar-refractivity contribution in [3.05, 3.63) is 58.9 Å². The average molecular weight is 269 g/mol. The van der Waals surface area contributed by atoms with Crippen molar-refractivity contribution in [1.82, 2.24) is 4.98 Å². The highest BCUT2D eigenvalue weighted by Gasteiger charge is 2.08. The third kappa shape index (κ3) is 3.01. The molecule has 6 heteroatoms. The minimum absolute atomic E-state index is 0.164. The van der Waals surface area contributed by atoms with Crippen molar-refractivity contribution in [3.8, 4) is 0 Å². The molecule has 1 aromatic carbocycles. The van der Waals surface area contributed by atoms with E-state index >= 15 is 0 Å². The van der Waals surface area contributed by atoms with E-state index < -0.39 is 17.7 Å². The molecule has 2 rings (SSSR count). The number of carbonyl (C=O) groups is 1. The number of carbonyl (C=O) groups excluding carboxylic acids is 1. The van der Waals surface area contributed by atoms with Gasteiger partial charge < -0.3 is 5.32 Å². The van der Waals surface area contributed by atoms with Gasteiger partial charge in [0.1, 0.15) is 5.82 Å². The van der Waals surface area contributed by atoms with Crippen LogP contribution in [0.3, 0.4) is 0 Å². The third-order valence-electron chi connectivity index (χ3n) is 2.11. The minimum atomic E-state index is -0.680. The molecule has 1 N–H and O–H groups in total. The SMILES string of the molecule is O=C(Nc1cc(F)cc(Cl)c1)c1ccc(F)nc1. The van der Waals surface area contributed by atoms with Gasteiger partial charge in [-0.3, -0.25) is 4.79 Å². The van der Waals surface area contributed by atoms with Crippen LogP contribution in [0.4, 0.5) is 14.5 Å². The maximum absolute atomic E-state index is 13.0. The molecule has 2 aromatic rings. The highest BCUT2D eigenvalue weighted by atomic mass is 35.5. The largest absolute Gasteiger partial charge is 0.322 e. The molecule has 1 heterocycles. The first-order chi connectivity index (χ1) is 8.54. The number of aromatic nitrogens is 1. The first kappa shape index (κ1) is 12.4. The maximum Gasteiger partial charge on any atom is 0.257 e. The Morgan fingerprint density at radius 2 is 2.00 bits per heavy atom. The van der Waals surface area contributed by atoms with Crippen molar-refractivity contribution in [2.24, 2.45) is 0 Å². The number of amides is 1. The lowest BCUT2D eigenvalue weighted by Crippen LogP contribution is -2.12. The lowest BCUT2D eigenvalue weighted by molar-refractivity contribution is 0.102. The number of hydrogen-bond acceptors (Lipinski definition) is 2. The van der Waals surface area contributed by atoms with Crippen LogP contribution in [0.25, 0.3) is 0 Å². The van der Waals surface area contributed by atoms with E-state index in [4.69, 9.17) is 11.6 Å². The van der Waals surface area contributed by atoms with Gasteiger partial charge in [0.05, 0.1) is 5.56 Å². The highest BCUT2D eigenvalue weighted by Crippen LogP contribution is 2.18. The molecule has 18 heavy (non-hydrogen) atoms. The van der Waals surface area contributed by atoms with Crippen LogP contribution in [0, 0.1) is 11.8 Å². The monoisotopic (exact) mass is 268 g/mol. The maximum atomic E-state index is 13.0. The van der Waals surface area contributed by atoms with Crippen LogP contribution in [0.5, 0.6) is 0 Å². The third-order valence-corrected chi connectivity index (χ3v) is 2.33. The van der Waals surface area contributed by atoms with Gasteiger partial charge in [0.2, 0.25) is 5.95 Å². The second-order valence-electron chi connectivity index (χ2n) is 3.48. The van der Waals surface area contributed by atoms with Gasteiger partial charge in [0, 0.05) is 16.9 Å². The summed E-state index contributed by atoms with van der Waals surface area (Å²) >= 11 is 5.65. The van der Waals surface area contributed by atoms with Crippen LogP contribution in [-0.4, -0.2) is 10.9 Å². The Labute approximate surface area is 106 Å². The van der Waals surface area contributed by atoms with Crippen LogP contribution in [0.2, 0.25) is 5.02 Å². The molecule has 3 nitrogen and oxygen atoms in total. The summed E-state index contributed by atoms with van der Waals surface area (Å²) in [6, 6.07) is 5.99. The number of pyridine rings is 1. The average Bonchev–Trinajstić information content (AvgIpc) is 2.28. The fraction of sp³-hybridized carbons (Fsp3) is 0. The van der Waals surface area contributed by atoms with Crippen molar-refractivity contribution in [2.75, 3.05) is 5.32 Å². The normalized spacial score (nSPS) is 10.2. The summed E-state index contributed by atoms with van der Waals surface area (Å²) in [7, 11) is 0. The molecule has 0 spiro atoms. The Bertz CT molecular complexity index is 567. The van der Waals surface area contributed by atoms with Crippen LogP contribution in [-0.2, 0) is 0 Å². The molecule has 1 aromatic heterocycles. The Hall–Kier alpha value is -2.01. The van der Waals surface area contributed by atoms with E-state index in [9.17, 15) is 13.6 Å². The van der Waals surface area contributed by atoms with Crippen LogP contribution in [0.1, 0.15) is 10.4 Å². The molecule has 0 aliphatic heterocycles. The summed E-state index contributed by atoms with van der Waals surface area (Å²) in [5, 5.41) is 2.60. The highest BCUT2D eigenvalue weighted by molar-refractivity contribution is 6.31. The van der Waals surface area contributed by atoms with Crippen LogP contribution in [0.15, 0.2) is 36.5 Å². The topological polar surface area (TPSA) is 42.0 Å². The molecule has 0 unspecified atom stereocenters. The molecule has 0 aliphatic rings. The van der Waals surface area contributed by atoms with Gasteiger partial charge in [0.15, 0.2) is 0 Å². The summed E-state index contributed by atoms with van der Waals surface area (Å²) in [6.45, 7) is 0. The zero-order valence-electron chi connectivity index (χ0n) is 8.95. The second-order valence-corrected chi connectivity index (χ2v) is 3.92. The molecule has 0 bridgehead atoms. The van der Waals surface area contributed by atoms with Gasteiger partial charge in [0.25, 0.3) is 5.91 Å². The molecule has 0 saturated carbocycles. The fourth-order valence-corrected chi connectivity index (χ4v) is 1.56. The Morgan fingerprint density at radius 3 is 2.61 bits per heavy atom. The van der Waals surface area contributed by atoms with E-state index in [0.29, 0.717) is 0 Å². The zero-order valence-corrected chi connectivity index (χ0v) is 9.71. The van der Waals surface area contributed by atoms with Crippen molar-refractivity contribution < 1.29 is 13.6 Å². The number of halogens is 3. The van der Waals surface area contributed by atoms with Gasteiger partial charge in [-0.15, -0.1) is 0 Å². The molecule has 0 atom stereocenters. The molecule has 92 valence electrons. The van der Waals surface area contributed by atoms with E-state index in [-0.39, 0.29) is 16.3 Å². The van der Waals surface area contributed by atoms with Crippen molar-refractivity contribution in [2.45, 2.75) is 0 Å². The summed E-state index contributed by atoms with van der Waals surface area (Å²) in [6.07, 6.45) is 1.09. The smallest absolute Gasteiger partial charge is 0.257 e. The number of benzene rings is 1. The van der Waals surface area contributed by atoms with E-state index in [1.807, 2.05) is 0 Å². The van der Waals surface area contributed by atoms with Gasteiger partial charge in [-0.1, -0.05) is 11.6 Å². The van der Waals surface area contributed by atoms with E-state index in [1.54, 1.807) is 0 Å². The molecule has 0 radical (unpaired) electrons. The summed E-state index contributed by atoms with van der Waals surface area (Å²) in [5.41, 5.74) is 0.381. The summed E-state index contributed by atoms with van der Waals surface area (Å²) in [5.74, 6) is -1.76. The van der Waals surface area contributed by atoms with Crippen molar-refractivity contribution in [3.63, 3.8) is 0 Å². The number of nitrogens with one attached hydrogen (secondary N) is 1. The summed E-state index contributed by atoms with van der Waals surface area (Å²) < 4.78 is 25.6. The predicted molar refractivity (Wildman–Crippen MR) is 63.6 cm³/mol. The number of rotatable bonds is 2. The standard InChI is InChI=1S/C12H7ClF2N2O/c13-8-3-9(14)5-10(4-8)17-12(18)7-1-2-11(15)16-6-7/h1-6H,(H,17,18). The Morgan fingerprint density at radius 1 is 1.22 bits per heavy atom. The molecule has 0 aliphatic carbocycles. The lowest BCUT2D eigenvalue weighted by Gasteiger charge is -2.05. The second kappa shape index (κ2) is 5.10. The molecule has 1 amide bonds. The van der Waals surface area contributed by atoms with E-state index in [0.717, 1.165) is 24.4 Å². The number of anilines is 1. The molecular weight excluding hydrogens is 262 g/mol. The molecule has 0 fully saturated rings. The number of nitrogens with zero attached hydrogens (tertiary/aromatic N) is 1. The van der Waals surface area contributed by atoms with Gasteiger partial charge in [-0.05, 0) is 30.3 Å². The minimum Gasteiger partial charge on any atom is -0.322 e. The lowest BCUT2D eigenvalue weighted by atomic mass is 10.2. The first-order valence-corrected chi connectivity index (χ1v) is 5.31. The van der Waals surface area contributed by atoms with Gasteiger partial charge in [-0.25, -0.2) is 9.37 Å². The summed E-state index contributed by atoms with van der Waals surface area (Å²) in [4.78, 5) is 15.1. The van der Waals surface area contributed by atoms with E-state index in [1.165, 1.54) is 12.1 Å².